The summed E-state index contributed by atoms with van der Waals surface area (Å²) in [6.45, 7) is -0.289. The number of ether oxygens (including phenoxy) is 1. The number of amides is 1. The highest BCUT2D eigenvalue weighted by Gasteiger charge is 2.25. The molecule has 1 aliphatic rings. The number of benzene rings is 2. The Bertz CT molecular complexity index is 979. The van der Waals surface area contributed by atoms with Crippen LogP contribution in [0.5, 0.6) is 0 Å². The zero-order valence-electron chi connectivity index (χ0n) is 15.4. The third-order valence-electron chi connectivity index (χ3n) is 4.52. The molecule has 1 aromatic heterocycles. The molecule has 1 aliphatic carbocycles. The first-order chi connectivity index (χ1) is 13.7. The summed E-state index contributed by atoms with van der Waals surface area (Å²) in [5.74, 6) is 0.758. The van der Waals surface area contributed by atoms with Gasteiger partial charge in [0.15, 0.2) is 6.61 Å². The van der Waals surface area contributed by atoms with Crippen molar-refractivity contribution in [2.24, 2.45) is 0 Å². The zero-order valence-corrected chi connectivity index (χ0v) is 16.2. The van der Waals surface area contributed by atoms with Crippen LogP contribution in [0.1, 0.15) is 34.5 Å². The molecular formula is C22H21NO4S. The molecule has 1 amide bonds. The molecule has 0 spiro atoms. The Balaban J connectivity index is 1.46. The third-order valence-corrected chi connectivity index (χ3v) is 5.55. The average Bonchev–Trinajstić information content (AvgIpc) is 3.46. The summed E-state index contributed by atoms with van der Waals surface area (Å²) in [4.78, 5) is 24.4. The second-order valence-electron chi connectivity index (χ2n) is 6.80. The highest BCUT2D eigenvalue weighted by Crippen LogP contribution is 2.31. The number of rotatable bonds is 8. The maximum Gasteiger partial charge on any atom is 0.375 e. The first-order valence-corrected chi connectivity index (χ1v) is 10.4. The van der Waals surface area contributed by atoms with Gasteiger partial charge in [-0.05, 0) is 24.5 Å². The largest absolute Gasteiger partial charge is 0.450 e. The van der Waals surface area contributed by atoms with Crippen molar-refractivity contribution in [3.8, 4) is 0 Å². The highest BCUT2D eigenvalue weighted by atomic mass is 32.2. The van der Waals surface area contributed by atoms with E-state index in [1.54, 1.807) is 11.8 Å². The molecule has 5 nitrogen and oxygen atoms in total. The van der Waals surface area contributed by atoms with Crippen LogP contribution in [0, 0.1) is 0 Å². The molecule has 0 bridgehead atoms. The van der Waals surface area contributed by atoms with Crippen LogP contribution in [0.25, 0.3) is 11.0 Å². The van der Waals surface area contributed by atoms with Crippen molar-refractivity contribution in [3.05, 3.63) is 71.5 Å². The molecule has 4 rings (SSSR count). The molecule has 6 heteroatoms. The Hall–Kier alpha value is -2.73. The molecule has 1 fully saturated rings. The second kappa shape index (κ2) is 8.52. The molecule has 0 saturated heterocycles. The lowest BCUT2D eigenvalue weighted by Gasteiger charge is -2.06. The van der Waals surface area contributed by atoms with Gasteiger partial charge in [-0.25, -0.2) is 4.79 Å². The SMILES string of the molecule is O=C(COC(=O)c1oc2ccccc2c1CSCc1ccccc1)NC1CC1. The quantitative estimate of drug-likeness (QED) is 0.576. The number of thioether (sulfide) groups is 1. The Morgan fingerprint density at radius 2 is 1.79 bits per heavy atom. The van der Waals surface area contributed by atoms with E-state index in [0.29, 0.717) is 11.3 Å². The van der Waals surface area contributed by atoms with Gasteiger partial charge in [0, 0.05) is 28.5 Å². The smallest absolute Gasteiger partial charge is 0.375 e. The van der Waals surface area contributed by atoms with Gasteiger partial charge in [-0.3, -0.25) is 4.79 Å². The topological polar surface area (TPSA) is 68.5 Å². The molecule has 1 saturated carbocycles. The average molecular weight is 395 g/mol. The predicted molar refractivity (Wildman–Crippen MR) is 109 cm³/mol. The van der Waals surface area contributed by atoms with E-state index in [4.69, 9.17) is 9.15 Å². The van der Waals surface area contributed by atoms with Crippen LogP contribution < -0.4 is 5.32 Å². The number of nitrogens with one attached hydrogen (secondary N) is 1. The van der Waals surface area contributed by atoms with Gasteiger partial charge in [-0.1, -0.05) is 48.5 Å². The van der Waals surface area contributed by atoms with E-state index in [1.165, 1.54) is 5.56 Å². The van der Waals surface area contributed by atoms with Crippen molar-refractivity contribution in [1.82, 2.24) is 5.32 Å². The van der Waals surface area contributed by atoms with E-state index in [0.717, 1.165) is 29.5 Å². The van der Waals surface area contributed by atoms with Gasteiger partial charge >= 0.3 is 5.97 Å². The van der Waals surface area contributed by atoms with Crippen molar-refractivity contribution in [3.63, 3.8) is 0 Å². The van der Waals surface area contributed by atoms with Gasteiger partial charge in [0.1, 0.15) is 5.58 Å². The van der Waals surface area contributed by atoms with E-state index in [1.807, 2.05) is 42.5 Å². The predicted octanol–water partition coefficient (Wildman–Crippen LogP) is 4.30. The second-order valence-corrected chi connectivity index (χ2v) is 7.79. The number of fused-ring (bicyclic) bond motifs is 1. The fraction of sp³-hybridized carbons (Fsp3) is 0.273. The Kier molecular flexibility index (Phi) is 5.67. The van der Waals surface area contributed by atoms with Gasteiger partial charge in [-0.2, -0.15) is 11.8 Å². The van der Waals surface area contributed by atoms with Crippen molar-refractivity contribution in [2.45, 2.75) is 30.4 Å². The number of carbonyl (C=O) groups is 2. The summed E-state index contributed by atoms with van der Waals surface area (Å²) in [7, 11) is 0. The Morgan fingerprint density at radius 3 is 2.57 bits per heavy atom. The van der Waals surface area contributed by atoms with Crippen LogP contribution in [0.4, 0.5) is 0 Å². The van der Waals surface area contributed by atoms with Crippen LogP contribution in [-0.4, -0.2) is 24.5 Å². The van der Waals surface area contributed by atoms with Gasteiger partial charge in [0.25, 0.3) is 5.91 Å². The van der Waals surface area contributed by atoms with Gasteiger partial charge in [0.05, 0.1) is 0 Å². The lowest BCUT2D eigenvalue weighted by Crippen LogP contribution is -2.30. The van der Waals surface area contributed by atoms with Crippen molar-refractivity contribution in [2.75, 3.05) is 6.61 Å². The highest BCUT2D eigenvalue weighted by molar-refractivity contribution is 7.97. The Labute approximate surface area is 167 Å². The Morgan fingerprint density at radius 1 is 1.04 bits per heavy atom. The number of para-hydroxylation sites is 1. The molecule has 1 N–H and O–H groups in total. The summed E-state index contributed by atoms with van der Waals surface area (Å²) < 4.78 is 11.0. The van der Waals surface area contributed by atoms with E-state index < -0.39 is 5.97 Å². The molecule has 3 aromatic rings. The fourth-order valence-electron chi connectivity index (χ4n) is 2.95. The molecule has 2 aromatic carbocycles. The molecule has 0 radical (unpaired) electrons. The zero-order chi connectivity index (χ0) is 19.3. The van der Waals surface area contributed by atoms with Crippen LogP contribution >= 0.6 is 11.8 Å². The van der Waals surface area contributed by atoms with Gasteiger partial charge in [0.2, 0.25) is 5.76 Å². The maximum absolute atomic E-state index is 12.6. The fourth-order valence-corrected chi connectivity index (χ4v) is 3.97. The minimum absolute atomic E-state index is 0.181. The normalized spacial score (nSPS) is 13.4. The lowest BCUT2D eigenvalue weighted by atomic mass is 10.1. The van der Waals surface area contributed by atoms with E-state index >= 15 is 0 Å². The van der Waals surface area contributed by atoms with E-state index in [2.05, 4.69) is 17.4 Å². The van der Waals surface area contributed by atoms with Crippen molar-refractivity contribution < 1.29 is 18.7 Å². The first kappa shape index (κ1) is 18.6. The number of furan rings is 1. The van der Waals surface area contributed by atoms with Crippen molar-refractivity contribution in [1.29, 1.82) is 0 Å². The summed E-state index contributed by atoms with van der Waals surface area (Å²) >= 11 is 1.70. The van der Waals surface area contributed by atoms with Gasteiger partial charge < -0.3 is 14.5 Å². The lowest BCUT2D eigenvalue weighted by molar-refractivity contribution is -0.124. The van der Waals surface area contributed by atoms with Crippen LogP contribution in [0.2, 0.25) is 0 Å². The number of carbonyl (C=O) groups excluding carboxylic acids is 2. The van der Waals surface area contributed by atoms with Crippen LogP contribution in [-0.2, 0) is 21.0 Å². The van der Waals surface area contributed by atoms with Gasteiger partial charge in [-0.15, -0.1) is 0 Å². The summed E-state index contributed by atoms with van der Waals surface area (Å²) in [6.07, 6.45) is 1.98. The number of esters is 1. The minimum atomic E-state index is -0.600. The molecule has 1 heterocycles. The van der Waals surface area contributed by atoms with Crippen LogP contribution in [0.3, 0.4) is 0 Å². The first-order valence-electron chi connectivity index (χ1n) is 9.29. The van der Waals surface area contributed by atoms with Crippen LogP contribution in [0.15, 0.2) is 59.0 Å². The molecule has 28 heavy (non-hydrogen) atoms. The summed E-state index contributed by atoms with van der Waals surface area (Å²) in [6, 6.07) is 18.0. The number of hydrogen-bond donors (Lipinski definition) is 1. The maximum atomic E-state index is 12.6. The molecule has 0 unspecified atom stereocenters. The standard InChI is InChI=1S/C22H21NO4S/c24-20(23-16-10-11-16)12-26-22(25)21-18(17-8-4-5-9-19(17)27-21)14-28-13-15-6-2-1-3-7-15/h1-9,16H,10-14H2,(H,23,24). The number of hydrogen-bond acceptors (Lipinski definition) is 5. The summed E-state index contributed by atoms with van der Waals surface area (Å²) in [5.41, 5.74) is 2.68. The van der Waals surface area contributed by atoms with E-state index in [-0.39, 0.29) is 24.3 Å². The van der Waals surface area contributed by atoms with E-state index in [9.17, 15) is 9.59 Å². The molecular weight excluding hydrogens is 374 g/mol. The minimum Gasteiger partial charge on any atom is -0.450 e. The molecule has 0 atom stereocenters. The third kappa shape index (κ3) is 4.57. The molecule has 144 valence electrons. The summed E-state index contributed by atoms with van der Waals surface area (Å²) in [5, 5.41) is 3.70. The molecule has 0 aliphatic heterocycles. The van der Waals surface area contributed by atoms with Crippen molar-refractivity contribution >= 4 is 34.6 Å². The monoisotopic (exact) mass is 395 g/mol.